The third-order valence-electron chi connectivity index (χ3n) is 3.29. The van der Waals surface area contributed by atoms with Crippen LogP contribution in [0.1, 0.15) is 11.1 Å². The van der Waals surface area contributed by atoms with Crippen molar-refractivity contribution in [2.75, 3.05) is 10.6 Å². The van der Waals surface area contributed by atoms with E-state index in [1.54, 1.807) is 18.6 Å². The Bertz CT molecular complexity index is 792. The molecule has 0 bridgehead atoms. The molecule has 0 saturated heterocycles. The summed E-state index contributed by atoms with van der Waals surface area (Å²) in [6.07, 6.45) is 5.27. The maximum atomic E-state index is 4.47. The first-order chi connectivity index (χ1) is 11.2. The quantitative estimate of drug-likeness (QED) is 0.701. The van der Waals surface area contributed by atoms with Gasteiger partial charge in [0.15, 0.2) is 0 Å². The van der Waals surface area contributed by atoms with Crippen LogP contribution in [0, 0.1) is 6.92 Å². The van der Waals surface area contributed by atoms with E-state index in [-0.39, 0.29) is 0 Å². The lowest BCUT2D eigenvalue weighted by atomic mass is 10.2. The first kappa shape index (κ1) is 15.4. The van der Waals surface area contributed by atoms with Crippen LogP contribution in [0.25, 0.3) is 0 Å². The van der Waals surface area contributed by atoms with E-state index in [2.05, 4.69) is 54.5 Å². The van der Waals surface area contributed by atoms with Crippen molar-refractivity contribution in [2.45, 2.75) is 13.5 Å². The topological polar surface area (TPSA) is 62.7 Å². The van der Waals surface area contributed by atoms with Crippen LogP contribution in [0.15, 0.2) is 59.5 Å². The van der Waals surface area contributed by atoms with E-state index in [1.807, 2.05) is 30.3 Å². The maximum Gasteiger partial charge on any atom is 0.224 e. The lowest BCUT2D eigenvalue weighted by Crippen LogP contribution is -2.05. The molecule has 2 heterocycles. The molecule has 2 N–H and O–H groups in total. The van der Waals surface area contributed by atoms with Crippen LogP contribution in [-0.4, -0.2) is 15.0 Å². The first-order valence-electron chi connectivity index (χ1n) is 7.20. The van der Waals surface area contributed by atoms with Crippen molar-refractivity contribution < 1.29 is 0 Å². The highest BCUT2D eigenvalue weighted by atomic mass is 79.9. The molecule has 3 aromatic rings. The van der Waals surface area contributed by atoms with Crippen molar-refractivity contribution in [2.24, 2.45) is 0 Å². The molecule has 0 radical (unpaired) electrons. The zero-order chi connectivity index (χ0) is 16.1. The maximum absolute atomic E-state index is 4.47. The average Bonchev–Trinajstić information content (AvgIpc) is 2.58. The second-order valence-electron chi connectivity index (χ2n) is 5.06. The molecule has 0 aliphatic rings. The van der Waals surface area contributed by atoms with Crippen molar-refractivity contribution in [3.05, 3.63) is 70.6 Å². The van der Waals surface area contributed by atoms with Gasteiger partial charge in [-0.25, -0.2) is 4.98 Å². The van der Waals surface area contributed by atoms with Crippen LogP contribution in [-0.2, 0) is 6.54 Å². The van der Waals surface area contributed by atoms with Crippen LogP contribution in [0.5, 0.6) is 0 Å². The zero-order valence-corrected chi connectivity index (χ0v) is 14.2. The van der Waals surface area contributed by atoms with Crippen molar-refractivity contribution in [3.8, 4) is 0 Å². The van der Waals surface area contributed by atoms with E-state index in [1.165, 1.54) is 5.56 Å². The second kappa shape index (κ2) is 7.19. The van der Waals surface area contributed by atoms with Gasteiger partial charge in [-0.05, 0) is 54.4 Å². The molecular weight excluding hydrogens is 354 g/mol. The van der Waals surface area contributed by atoms with Crippen LogP contribution >= 0.6 is 15.9 Å². The van der Waals surface area contributed by atoms with E-state index in [0.29, 0.717) is 12.5 Å². The molecule has 0 unspecified atom stereocenters. The zero-order valence-electron chi connectivity index (χ0n) is 12.6. The second-order valence-corrected chi connectivity index (χ2v) is 5.92. The molecule has 2 aromatic heterocycles. The van der Waals surface area contributed by atoms with Crippen LogP contribution in [0.4, 0.5) is 17.5 Å². The molecule has 0 spiro atoms. The number of rotatable bonds is 5. The number of halogens is 1. The molecule has 0 fully saturated rings. The van der Waals surface area contributed by atoms with Gasteiger partial charge in [-0.15, -0.1) is 0 Å². The highest BCUT2D eigenvalue weighted by Crippen LogP contribution is 2.22. The number of aromatic nitrogens is 3. The van der Waals surface area contributed by atoms with Gasteiger partial charge in [0, 0.05) is 35.3 Å². The van der Waals surface area contributed by atoms with Crippen molar-refractivity contribution in [1.82, 2.24) is 15.0 Å². The van der Waals surface area contributed by atoms with Gasteiger partial charge in [0.25, 0.3) is 0 Å². The summed E-state index contributed by atoms with van der Waals surface area (Å²) >= 11 is 3.50. The number of anilines is 3. The average molecular weight is 370 g/mol. The van der Waals surface area contributed by atoms with Gasteiger partial charge in [-0.2, -0.15) is 4.98 Å². The molecule has 5 nitrogen and oxygen atoms in total. The predicted molar refractivity (Wildman–Crippen MR) is 95.8 cm³/mol. The van der Waals surface area contributed by atoms with E-state index >= 15 is 0 Å². The van der Waals surface area contributed by atoms with E-state index in [4.69, 9.17) is 0 Å². The van der Waals surface area contributed by atoms with Crippen LogP contribution in [0.3, 0.4) is 0 Å². The number of benzene rings is 1. The Morgan fingerprint density at radius 2 is 1.87 bits per heavy atom. The fourth-order valence-corrected chi connectivity index (χ4v) is 2.31. The Morgan fingerprint density at radius 1 is 1.04 bits per heavy atom. The summed E-state index contributed by atoms with van der Waals surface area (Å²) in [6.45, 7) is 2.71. The Morgan fingerprint density at radius 3 is 2.65 bits per heavy atom. The van der Waals surface area contributed by atoms with Gasteiger partial charge < -0.3 is 10.6 Å². The number of hydrogen-bond acceptors (Lipinski definition) is 5. The van der Waals surface area contributed by atoms with Crippen molar-refractivity contribution in [3.63, 3.8) is 0 Å². The third kappa shape index (κ3) is 4.26. The minimum absolute atomic E-state index is 0.584. The number of nitrogens with one attached hydrogen (secondary N) is 2. The summed E-state index contributed by atoms with van der Waals surface area (Å²) in [5.41, 5.74) is 3.29. The molecular formula is C17H16BrN5. The third-order valence-corrected chi connectivity index (χ3v) is 4.18. The monoisotopic (exact) mass is 369 g/mol. The molecule has 0 saturated carbocycles. The van der Waals surface area contributed by atoms with Gasteiger partial charge in [-0.3, -0.25) is 4.98 Å². The molecule has 3 rings (SSSR count). The number of pyridine rings is 1. The molecule has 6 heteroatoms. The van der Waals surface area contributed by atoms with Gasteiger partial charge >= 0.3 is 0 Å². The summed E-state index contributed by atoms with van der Waals surface area (Å²) in [5.74, 6) is 1.33. The molecule has 0 aliphatic carbocycles. The highest BCUT2D eigenvalue weighted by molar-refractivity contribution is 9.10. The molecule has 0 atom stereocenters. The number of hydrogen-bond donors (Lipinski definition) is 2. The van der Waals surface area contributed by atoms with E-state index in [0.717, 1.165) is 21.5 Å². The minimum atomic E-state index is 0.584. The minimum Gasteiger partial charge on any atom is -0.350 e. The highest BCUT2D eigenvalue weighted by Gasteiger charge is 2.02. The Kier molecular flexibility index (Phi) is 4.83. The first-order valence-corrected chi connectivity index (χ1v) is 7.99. The standard InChI is InChI=1S/C17H16BrN5/c1-12-10-14(2-3-15(12)18)22-16-6-9-20-17(23-16)21-11-13-4-7-19-8-5-13/h2-10H,11H2,1H3,(H2,20,21,22,23). The van der Waals surface area contributed by atoms with Crippen molar-refractivity contribution in [1.29, 1.82) is 0 Å². The van der Waals surface area contributed by atoms with Gasteiger partial charge in [0.2, 0.25) is 5.95 Å². The molecule has 1 aromatic carbocycles. The molecule has 116 valence electrons. The van der Waals surface area contributed by atoms with E-state index in [9.17, 15) is 0 Å². The lowest BCUT2D eigenvalue weighted by Gasteiger charge is -2.09. The Labute approximate surface area is 143 Å². The lowest BCUT2D eigenvalue weighted by molar-refractivity contribution is 1.05. The summed E-state index contributed by atoms with van der Waals surface area (Å²) in [5, 5.41) is 6.50. The molecule has 0 aliphatic heterocycles. The predicted octanol–water partition coefficient (Wildman–Crippen LogP) is 4.30. The molecule has 0 amide bonds. The van der Waals surface area contributed by atoms with E-state index < -0.39 is 0 Å². The van der Waals surface area contributed by atoms with Gasteiger partial charge in [0.1, 0.15) is 5.82 Å². The smallest absolute Gasteiger partial charge is 0.224 e. The Balaban J connectivity index is 1.68. The van der Waals surface area contributed by atoms with Crippen LogP contribution in [0.2, 0.25) is 0 Å². The summed E-state index contributed by atoms with van der Waals surface area (Å²) in [4.78, 5) is 12.7. The summed E-state index contributed by atoms with van der Waals surface area (Å²) in [7, 11) is 0. The number of nitrogens with zero attached hydrogens (tertiary/aromatic N) is 3. The molecule has 23 heavy (non-hydrogen) atoms. The summed E-state index contributed by atoms with van der Waals surface area (Å²) in [6, 6.07) is 11.8. The SMILES string of the molecule is Cc1cc(Nc2ccnc(NCc3ccncc3)n2)ccc1Br. The van der Waals surface area contributed by atoms with Crippen LogP contribution < -0.4 is 10.6 Å². The van der Waals surface area contributed by atoms with Gasteiger partial charge in [0.05, 0.1) is 0 Å². The Hall–Kier alpha value is -2.47. The largest absolute Gasteiger partial charge is 0.350 e. The van der Waals surface area contributed by atoms with Crippen molar-refractivity contribution >= 4 is 33.4 Å². The number of aryl methyl sites for hydroxylation is 1. The summed E-state index contributed by atoms with van der Waals surface area (Å²) < 4.78 is 1.09. The fourth-order valence-electron chi connectivity index (χ4n) is 2.07. The normalized spacial score (nSPS) is 10.3. The van der Waals surface area contributed by atoms with Gasteiger partial charge in [-0.1, -0.05) is 15.9 Å². The fraction of sp³-hybridized carbons (Fsp3) is 0.118.